The zero-order chi connectivity index (χ0) is 14.9. The fourth-order valence-electron chi connectivity index (χ4n) is 1.92. The van der Waals surface area contributed by atoms with E-state index >= 15 is 0 Å². The molecule has 0 spiro atoms. The summed E-state index contributed by atoms with van der Waals surface area (Å²) < 4.78 is 5.62. The van der Waals surface area contributed by atoms with Crippen LogP contribution in [-0.2, 0) is 6.54 Å². The molecule has 0 saturated carbocycles. The van der Waals surface area contributed by atoms with Crippen molar-refractivity contribution in [3.05, 3.63) is 48.3 Å². The summed E-state index contributed by atoms with van der Waals surface area (Å²) in [6, 6.07) is 10.1. The number of aromatic nitrogens is 2. The largest absolute Gasteiger partial charge is 0.424 e. The molecular weight excluding hydrogens is 264 g/mol. The molecule has 0 aliphatic rings. The molecule has 21 heavy (non-hydrogen) atoms. The molecule has 0 bridgehead atoms. The van der Waals surface area contributed by atoms with E-state index in [1.165, 1.54) is 5.56 Å². The Labute approximate surface area is 126 Å². The number of rotatable bonds is 8. The number of hydrogen-bond donors (Lipinski definition) is 1. The van der Waals surface area contributed by atoms with Crippen LogP contribution in [0.5, 0.6) is 11.8 Å². The van der Waals surface area contributed by atoms with Crippen molar-refractivity contribution in [3.8, 4) is 11.8 Å². The molecule has 0 atom stereocenters. The summed E-state index contributed by atoms with van der Waals surface area (Å²) in [6.45, 7) is 2.94. The smallest absolute Gasteiger partial charge is 0.321 e. The number of benzene rings is 1. The molecule has 112 valence electrons. The Morgan fingerprint density at radius 3 is 2.71 bits per heavy atom. The topological polar surface area (TPSA) is 50.3 Å². The van der Waals surface area contributed by atoms with Crippen LogP contribution in [0.15, 0.2) is 42.7 Å². The maximum Gasteiger partial charge on any atom is 0.321 e. The third-order valence-electron chi connectivity index (χ3n) is 2.94. The van der Waals surface area contributed by atoms with Crippen molar-refractivity contribution in [1.29, 1.82) is 0 Å². The van der Waals surface area contributed by atoms with Gasteiger partial charge in [0.05, 0.1) is 0 Å². The Balaban J connectivity index is 1.81. The zero-order valence-corrected chi connectivity index (χ0v) is 12.6. The fourth-order valence-corrected chi connectivity index (χ4v) is 1.92. The molecule has 1 aromatic heterocycles. The van der Waals surface area contributed by atoms with Gasteiger partial charge in [0.1, 0.15) is 5.75 Å². The van der Waals surface area contributed by atoms with Crippen LogP contribution >= 0.6 is 0 Å². The predicted octanol–water partition coefficient (Wildman–Crippen LogP) is 2.31. The highest BCUT2D eigenvalue weighted by molar-refractivity contribution is 5.30. The average molecular weight is 286 g/mol. The zero-order valence-electron chi connectivity index (χ0n) is 12.6. The summed E-state index contributed by atoms with van der Waals surface area (Å²) in [7, 11) is 4.18. The molecule has 2 aromatic rings. The van der Waals surface area contributed by atoms with E-state index in [1.807, 2.05) is 18.2 Å². The van der Waals surface area contributed by atoms with E-state index < -0.39 is 0 Å². The van der Waals surface area contributed by atoms with Crippen molar-refractivity contribution in [1.82, 2.24) is 20.2 Å². The van der Waals surface area contributed by atoms with Gasteiger partial charge in [-0.3, -0.25) is 0 Å². The second-order valence-electron chi connectivity index (χ2n) is 5.11. The lowest BCUT2D eigenvalue weighted by Crippen LogP contribution is -2.20. The molecule has 0 fully saturated rings. The number of hydrogen-bond acceptors (Lipinski definition) is 5. The molecule has 5 heteroatoms. The molecule has 0 aliphatic carbocycles. The molecule has 5 nitrogen and oxygen atoms in total. The van der Waals surface area contributed by atoms with E-state index in [-0.39, 0.29) is 0 Å². The fraction of sp³-hybridized carbons (Fsp3) is 0.375. The summed E-state index contributed by atoms with van der Waals surface area (Å²) in [5.74, 6) is 0.758. The van der Waals surface area contributed by atoms with E-state index in [1.54, 1.807) is 18.5 Å². The highest BCUT2D eigenvalue weighted by atomic mass is 16.5. The van der Waals surface area contributed by atoms with Crippen LogP contribution in [0.2, 0.25) is 0 Å². The molecule has 2 rings (SSSR count). The van der Waals surface area contributed by atoms with Crippen molar-refractivity contribution in [2.75, 3.05) is 27.2 Å². The Kier molecular flexibility index (Phi) is 6.12. The summed E-state index contributed by atoms with van der Waals surface area (Å²) in [6.07, 6.45) is 4.47. The molecule has 0 unspecified atom stereocenters. The second kappa shape index (κ2) is 8.34. The van der Waals surface area contributed by atoms with Gasteiger partial charge in [0, 0.05) is 18.9 Å². The van der Waals surface area contributed by atoms with Crippen LogP contribution in [0.25, 0.3) is 0 Å². The first-order chi connectivity index (χ1) is 10.2. The Morgan fingerprint density at radius 2 is 1.95 bits per heavy atom. The van der Waals surface area contributed by atoms with Gasteiger partial charge in [-0.05, 0) is 57.4 Å². The Bertz CT molecular complexity index is 531. The lowest BCUT2D eigenvalue weighted by molar-refractivity contribution is 0.394. The molecular formula is C16H22N4O. The van der Waals surface area contributed by atoms with Gasteiger partial charge in [-0.25, -0.2) is 9.97 Å². The third-order valence-corrected chi connectivity index (χ3v) is 2.94. The van der Waals surface area contributed by atoms with E-state index in [9.17, 15) is 0 Å². The van der Waals surface area contributed by atoms with Gasteiger partial charge in [0.25, 0.3) is 0 Å². The van der Waals surface area contributed by atoms with Crippen molar-refractivity contribution in [3.63, 3.8) is 0 Å². The van der Waals surface area contributed by atoms with Gasteiger partial charge >= 0.3 is 6.01 Å². The van der Waals surface area contributed by atoms with Gasteiger partial charge in [-0.1, -0.05) is 12.1 Å². The van der Waals surface area contributed by atoms with E-state index in [4.69, 9.17) is 4.74 Å². The van der Waals surface area contributed by atoms with Crippen LogP contribution in [0, 0.1) is 0 Å². The van der Waals surface area contributed by atoms with Crippen LogP contribution in [0.1, 0.15) is 12.0 Å². The molecule has 0 saturated heterocycles. The minimum absolute atomic E-state index is 0.369. The summed E-state index contributed by atoms with van der Waals surface area (Å²) in [4.78, 5) is 10.3. The van der Waals surface area contributed by atoms with Gasteiger partial charge in [0.15, 0.2) is 0 Å². The minimum Gasteiger partial charge on any atom is -0.424 e. The molecule has 1 N–H and O–H groups in total. The van der Waals surface area contributed by atoms with Crippen molar-refractivity contribution in [2.24, 2.45) is 0 Å². The van der Waals surface area contributed by atoms with Gasteiger partial charge in [-0.15, -0.1) is 0 Å². The molecule has 0 radical (unpaired) electrons. The molecule has 1 heterocycles. The van der Waals surface area contributed by atoms with E-state index in [2.05, 4.69) is 40.3 Å². The first kappa shape index (κ1) is 15.4. The maximum absolute atomic E-state index is 5.62. The number of nitrogens with one attached hydrogen (secondary N) is 1. The summed E-state index contributed by atoms with van der Waals surface area (Å²) >= 11 is 0. The van der Waals surface area contributed by atoms with Crippen LogP contribution in [0.4, 0.5) is 0 Å². The summed E-state index contributed by atoms with van der Waals surface area (Å²) in [5, 5.41) is 3.43. The quantitative estimate of drug-likeness (QED) is 0.755. The van der Waals surface area contributed by atoms with Crippen LogP contribution < -0.4 is 10.1 Å². The monoisotopic (exact) mass is 286 g/mol. The lowest BCUT2D eigenvalue weighted by Gasteiger charge is -2.10. The lowest BCUT2D eigenvalue weighted by atomic mass is 10.2. The minimum atomic E-state index is 0.369. The average Bonchev–Trinajstić information content (AvgIpc) is 2.48. The Hall–Kier alpha value is -1.98. The predicted molar refractivity (Wildman–Crippen MR) is 83.4 cm³/mol. The molecule has 0 amide bonds. The summed E-state index contributed by atoms with van der Waals surface area (Å²) in [5.41, 5.74) is 1.19. The van der Waals surface area contributed by atoms with Gasteiger partial charge in [0.2, 0.25) is 0 Å². The standard InChI is InChI=1S/C16H22N4O/c1-20(2)11-5-8-17-13-14-6-3-7-15(12-14)21-16-18-9-4-10-19-16/h3-4,6-7,9-10,12,17H,5,8,11,13H2,1-2H3. The van der Waals surface area contributed by atoms with E-state index in [0.29, 0.717) is 6.01 Å². The highest BCUT2D eigenvalue weighted by Gasteiger charge is 2.00. The van der Waals surface area contributed by atoms with Crippen LogP contribution in [0.3, 0.4) is 0 Å². The maximum atomic E-state index is 5.62. The Morgan fingerprint density at radius 1 is 1.14 bits per heavy atom. The molecule has 1 aromatic carbocycles. The third kappa shape index (κ3) is 5.89. The highest BCUT2D eigenvalue weighted by Crippen LogP contribution is 2.18. The van der Waals surface area contributed by atoms with E-state index in [0.717, 1.165) is 31.8 Å². The van der Waals surface area contributed by atoms with Crippen molar-refractivity contribution < 1.29 is 4.74 Å². The molecule has 0 aliphatic heterocycles. The normalized spacial score (nSPS) is 10.8. The second-order valence-corrected chi connectivity index (χ2v) is 5.11. The van der Waals surface area contributed by atoms with Gasteiger partial charge < -0.3 is 15.0 Å². The number of nitrogens with zero attached hydrogens (tertiary/aromatic N) is 3. The van der Waals surface area contributed by atoms with Crippen molar-refractivity contribution in [2.45, 2.75) is 13.0 Å². The van der Waals surface area contributed by atoms with Gasteiger partial charge in [-0.2, -0.15) is 0 Å². The van der Waals surface area contributed by atoms with Crippen molar-refractivity contribution >= 4 is 0 Å². The SMILES string of the molecule is CN(C)CCCNCc1cccc(Oc2ncccn2)c1. The first-order valence-corrected chi connectivity index (χ1v) is 7.13. The first-order valence-electron chi connectivity index (χ1n) is 7.13. The number of ether oxygens (including phenoxy) is 1. The van der Waals surface area contributed by atoms with Crippen LogP contribution in [-0.4, -0.2) is 42.1 Å².